The van der Waals surface area contributed by atoms with Gasteiger partial charge < -0.3 is 5.73 Å². The van der Waals surface area contributed by atoms with Crippen molar-refractivity contribution < 1.29 is 4.79 Å². The Balaban J connectivity index is 3.28. The maximum atomic E-state index is 10.8. The second kappa shape index (κ2) is 3.15. The third kappa shape index (κ3) is 1.30. The molecule has 66 valence electrons. The van der Waals surface area contributed by atoms with Gasteiger partial charge in [-0.15, -0.1) is 0 Å². The molecule has 0 aliphatic rings. The van der Waals surface area contributed by atoms with E-state index in [9.17, 15) is 4.79 Å². The Morgan fingerprint density at radius 2 is 2.33 bits per heavy atom. The number of hydrogen-bond acceptors (Lipinski definition) is 2. The van der Waals surface area contributed by atoms with Gasteiger partial charge in [-0.1, -0.05) is 18.5 Å². The smallest absolute Gasteiger partial charge is 0.268 e. The summed E-state index contributed by atoms with van der Waals surface area (Å²) >= 11 is 5.84. The van der Waals surface area contributed by atoms with Crippen LogP contribution in [0.5, 0.6) is 0 Å². The summed E-state index contributed by atoms with van der Waals surface area (Å²) in [5.41, 5.74) is 6.07. The Morgan fingerprint density at radius 1 is 1.75 bits per heavy atom. The SMILES string of the molecule is CCc1nn(C)c(C(N)=O)c1Cl. The summed E-state index contributed by atoms with van der Waals surface area (Å²) in [6.45, 7) is 1.92. The summed E-state index contributed by atoms with van der Waals surface area (Å²) in [4.78, 5) is 10.8. The second-order valence-corrected chi connectivity index (χ2v) is 2.83. The standard InChI is InChI=1S/C7H10ClN3O/c1-3-4-5(8)6(7(9)12)11(2)10-4/h3H2,1-2H3,(H2,9,12). The van der Waals surface area contributed by atoms with E-state index in [0.717, 1.165) is 0 Å². The average molecular weight is 188 g/mol. The number of hydrogen-bond donors (Lipinski definition) is 1. The number of carbonyl (C=O) groups is 1. The highest BCUT2D eigenvalue weighted by atomic mass is 35.5. The van der Waals surface area contributed by atoms with Crippen LogP contribution in [-0.2, 0) is 13.5 Å². The van der Waals surface area contributed by atoms with Crippen LogP contribution in [0.1, 0.15) is 23.1 Å². The number of amides is 1. The van der Waals surface area contributed by atoms with Gasteiger partial charge in [0.2, 0.25) is 0 Å². The number of halogens is 1. The fraction of sp³-hybridized carbons (Fsp3) is 0.429. The summed E-state index contributed by atoms with van der Waals surface area (Å²) in [6.07, 6.45) is 0.694. The molecule has 0 bridgehead atoms. The highest BCUT2D eigenvalue weighted by Crippen LogP contribution is 2.19. The van der Waals surface area contributed by atoms with Crippen molar-refractivity contribution in [2.75, 3.05) is 0 Å². The minimum absolute atomic E-state index is 0.272. The summed E-state index contributed by atoms with van der Waals surface area (Å²) in [6, 6.07) is 0. The van der Waals surface area contributed by atoms with E-state index in [2.05, 4.69) is 5.10 Å². The number of rotatable bonds is 2. The van der Waals surface area contributed by atoms with Gasteiger partial charge in [-0.2, -0.15) is 5.10 Å². The first-order valence-corrected chi connectivity index (χ1v) is 3.96. The largest absolute Gasteiger partial charge is 0.364 e. The Labute approximate surface area is 75.3 Å². The molecule has 0 aliphatic carbocycles. The number of nitrogens with two attached hydrogens (primary N) is 1. The van der Waals surface area contributed by atoms with Crippen LogP contribution in [-0.4, -0.2) is 15.7 Å². The van der Waals surface area contributed by atoms with E-state index in [4.69, 9.17) is 17.3 Å². The first kappa shape index (κ1) is 9.06. The molecule has 2 N–H and O–H groups in total. The van der Waals surface area contributed by atoms with Gasteiger partial charge in [0, 0.05) is 7.05 Å². The zero-order chi connectivity index (χ0) is 9.30. The maximum absolute atomic E-state index is 10.8. The average Bonchev–Trinajstić information content (AvgIpc) is 2.25. The van der Waals surface area contributed by atoms with Crippen molar-refractivity contribution in [2.45, 2.75) is 13.3 Å². The number of primary amides is 1. The highest BCUT2D eigenvalue weighted by molar-refractivity contribution is 6.34. The van der Waals surface area contributed by atoms with E-state index >= 15 is 0 Å². The molecule has 1 amide bonds. The number of carbonyl (C=O) groups excluding carboxylic acids is 1. The molecule has 4 nitrogen and oxygen atoms in total. The molecule has 0 saturated carbocycles. The van der Waals surface area contributed by atoms with Crippen LogP contribution < -0.4 is 5.73 Å². The second-order valence-electron chi connectivity index (χ2n) is 2.45. The number of aromatic nitrogens is 2. The van der Waals surface area contributed by atoms with E-state index in [0.29, 0.717) is 17.1 Å². The van der Waals surface area contributed by atoms with Crippen molar-refractivity contribution in [1.82, 2.24) is 9.78 Å². The van der Waals surface area contributed by atoms with Crippen LogP contribution in [0.4, 0.5) is 0 Å². The van der Waals surface area contributed by atoms with Gasteiger partial charge in [-0.25, -0.2) is 0 Å². The molecular weight excluding hydrogens is 178 g/mol. The topological polar surface area (TPSA) is 60.9 Å². The lowest BCUT2D eigenvalue weighted by Crippen LogP contribution is -2.16. The van der Waals surface area contributed by atoms with Crippen molar-refractivity contribution in [3.63, 3.8) is 0 Å². The molecule has 5 heteroatoms. The normalized spacial score (nSPS) is 10.2. The van der Waals surface area contributed by atoms with Crippen LogP contribution in [0.3, 0.4) is 0 Å². The van der Waals surface area contributed by atoms with Gasteiger partial charge in [0.05, 0.1) is 10.7 Å². The molecular formula is C7H10ClN3O. The molecule has 1 aromatic heterocycles. The van der Waals surface area contributed by atoms with Crippen molar-refractivity contribution in [2.24, 2.45) is 12.8 Å². The minimum Gasteiger partial charge on any atom is -0.364 e. The van der Waals surface area contributed by atoms with Gasteiger partial charge in [0.25, 0.3) is 5.91 Å². The number of nitrogens with zero attached hydrogens (tertiary/aromatic N) is 2. The fourth-order valence-corrected chi connectivity index (χ4v) is 1.43. The molecule has 12 heavy (non-hydrogen) atoms. The van der Waals surface area contributed by atoms with E-state index in [1.54, 1.807) is 7.05 Å². The quantitative estimate of drug-likeness (QED) is 0.742. The summed E-state index contributed by atoms with van der Waals surface area (Å²) < 4.78 is 1.41. The summed E-state index contributed by atoms with van der Waals surface area (Å²) in [5, 5.41) is 4.40. The van der Waals surface area contributed by atoms with E-state index in [1.807, 2.05) is 6.92 Å². The Kier molecular flexibility index (Phi) is 2.38. The van der Waals surface area contributed by atoms with Crippen LogP contribution in [0.2, 0.25) is 5.02 Å². The van der Waals surface area contributed by atoms with Gasteiger partial charge in [0.1, 0.15) is 5.69 Å². The summed E-state index contributed by atoms with van der Waals surface area (Å²) in [5.74, 6) is -0.547. The zero-order valence-corrected chi connectivity index (χ0v) is 7.72. The predicted molar refractivity (Wildman–Crippen MR) is 46.1 cm³/mol. The lowest BCUT2D eigenvalue weighted by atomic mass is 10.3. The molecule has 0 saturated heterocycles. The molecule has 0 spiro atoms. The first-order chi connectivity index (χ1) is 5.57. The molecule has 1 rings (SSSR count). The van der Waals surface area contributed by atoms with Crippen LogP contribution >= 0.6 is 11.6 Å². The fourth-order valence-electron chi connectivity index (χ4n) is 1.05. The Hall–Kier alpha value is -1.03. The molecule has 0 unspecified atom stereocenters. The first-order valence-electron chi connectivity index (χ1n) is 3.59. The number of aryl methyl sites for hydroxylation is 2. The lowest BCUT2D eigenvalue weighted by molar-refractivity contribution is 0.0991. The van der Waals surface area contributed by atoms with Crippen molar-refractivity contribution in [3.8, 4) is 0 Å². The van der Waals surface area contributed by atoms with E-state index in [1.165, 1.54) is 4.68 Å². The molecule has 1 heterocycles. The molecule has 0 radical (unpaired) electrons. The van der Waals surface area contributed by atoms with E-state index in [-0.39, 0.29) is 5.69 Å². The minimum atomic E-state index is -0.547. The third-order valence-corrected chi connectivity index (χ3v) is 2.02. The Morgan fingerprint density at radius 3 is 2.58 bits per heavy atom. The predicted octanol–water partition coefficient (Wildman–Crippen LogP) is 0.735. The maximum Gasteiger partial charge on any atom is 0.268 e. The molecule has 1 aromatic rings. The third-order valence-electron chi connectivity index (χ3n) is 1.62. The van der Waals surface area contributed by atoms with Gasteiger partial charge in [0.15, 0.2) is 0 Å². The van der Waals surface area contributed by atoms with E-state index < -0.39 is 5.91 Å². The molecule has 0 aliphatic heterocycles. The van der Waals surface area contributed by atoms with Crippen LogP contribution in [0, 0.1) is 0 Å². The lowest BCUT2D eigenvalue weighted by Gasteiger charge is -1.94. The molecule has 0 atom stereocenters. The van der Waals surface area contributed by atoms with Crippen LogP contribution in [0.15, 0.2) is 0 Å². The van der Waals surface area contributed by atoms with Crippen molar-refractivity contribution >= 4 is 17.5 Å². The van der Waals surface area contributed by atoms with Crippen molar-refractivity contribution in [3.05, 3.63) is 16.4 Å². The van der Waals surface area contributed by atoms with Crippen molar-refractivity contribution in [1.29, 1.82) is 0 Å². The summed E-state index contributed by atoms with van der Waals surface area (Å²) in [7, 11) is 1.64. The monoisotopic (exact) mass is 187 g/mol. The molecule has 0 fully saturated rings. The zero-order valence-electron chi connectivity index (χ0n) is 6.97. The molecule has 0 aromatic carbocycles. The highest BCUT2D eigenvalue weighted by Gasteiger charge is 2.16. The van der Waals surface area contributed by atoms with Gasteiger partial charge in [-0.3, -0.25) is 9.48 Å². The van der Waals surface area contributed by atoms with Gasteiger partial charge in [-0.05, 0) is 6.42 Å². The van der Waals surface area contributed by atoms with Gasteiger partial charge >= 0.3 is 0 Å². The van der Waals surface area contributed by atoms with Crippen LogP contribution in [0.25, 0.3) is 0 Å². The Bertz CT molecular complexity index is 319.